The number of nitrogen functional groups attached to an aromatic ring is 1. The molecule has 0 unspecified atom stereocenters. The van der Waals surface area contributed by atoms with Gasteiger partial charge in [-0.1, -0.05) is 30.3 Å². The summed E-state index contributed by atoms with van der Waals surface area (Å²) in [5.41, 5.74) is 8.11. The molecule has 2 N–H and O–H groups in total. The van der Waals surface area contributed by atoms with Crippen LogP contribution in [0.4, 0.5) is 10.1 Å². The van der Waals surface area contributed by atoms with E-state index in [-0.39, 0.29) is 5.82 Å². The van der Waals surface area contributed by atoms with Crippen LogP contribution < -0.4 is 5.73 Å². The third-order valence-corrected chi connectivity index (χ3v) is 2.73. The topological polar surface area (TPSA) is 35.2 Å². The van der Waals surface area contributed by atoms with Crippen molar-refractivity contribution in [2.24, 2.45) is 0 Å². The van der Waals surface area contributed by atoms with E-state index in [0.29, 0.717) is 18.8 Å². The molecule has 3 heteroatoms. The molecule has 0 spiro atoms. The van der Waals surface area contributed by atoms with Gasteiger partial charge in [0, 0.05) is 11.3 Å². The molecule has 0 saturated heterocycles. The van der Waals surface area contributed by atoms with E-state index < -0.39 is 0 Å². The van der Waals surface area contributed by atoms with Crippen LogP contribution in [0.2, 0.25) is 0 Å². The molecular formula is C15H16FNO. The standard InChI is InChI=1S/C15H16FNO/c16-15-4-2-1-3-13(15)11-18-10-9-12-5-7-14(17)8-6-12/h1-8H,9-11,17H2. The van der Waals surface area contributed by atoms with Crippen LogP contribution in [0.5, 0.6) is 0 Å². The zero-order valence-electron chi connectivity index (χ0n) is 10.1. The van der Waals surface area contributed by atoms with Crippen molar-refractivity contribution >= 4 is 5.69 Å². The van der Waals surface area contributed by atoms with E-state index in [2.05, 4.69) is 0 Å². The predicted octanol–water partition coefficient (Wildman–Crippen LogP) is 3.17. The second-order valence-electron chi connectivity index (χ2n) is 4.14. The molecule has 18 heavy (non-hydrogen) atoms. The Morgan fingerprint density at radius 1 is 1.00 bits per heavy atom. The summed E-state index contributed by atoms with van der Waals surface area (Å²) in [6, 6.07) is 14.3. The predicted molar refractivity (Wildman–Crippen MR) is 70.6 cm³/mol. The molecule has 2 rings (SSSR count). The van der Waals surface area contributed by atoms with Gasteiger partial charge in [-0.05, 0) is 30.2 Å². The first-order valence-corrected chi connectivity index (χ1v) is 5.91. The van der Waals surface area contributed by atoms with Crippen molar-refractivity contribution in [1.29, 1.82) is 0 Å². The monoisotopic (exact) mass is 245 g/mol. The van der Waals surface area contributed by atoms with Gasteiger partial charge < -0.3 is 10.5 Å². The summed E-state index contributed by atoms with van der Waals surface area (Å²) < 4.78 is 18.8. The number of hydrogen-bond donors (Lipinski definition) is 1. The van der Waals surface area contributed by atoms with Gasteiger partial charge in [0.2, 0.25) is 0 Å². The highest BCUT2D eigenvalue weighted by Gasteiger charge is 2.00. The van der Waals surface area contributed by atoms with Gasteiger partial charge in [0.25, 0.3) is 0 Å². The minimum Gasteiger partial charge on any atom is -0.399 e. The van der Waals surface area contributed by atoms with Crippen molar-refractivity contribution in [3.63, 3.8) is 0 Å². The smallest absolute Gasteiger partial charge is 0.128 e. The summed E-state index contributed by atoms with van der Waals surface area (Å²) in [5, 5.41) is 0. The Morgan fingerprint density at radius 3 is 2.44 bits per heavy atom. The first kappa shape index (κ1) is 12.6. The molecule has 2 nitrogen and oxygen atoms in total. The lowest BCUT2D eigenvalue weighted by molar-refractivity contribution is 0.121. The Bertz CT molecular complexity index is 496. The molecule has 94 valence electrons. The fraction of sp³-hybridized carbons (Fsp3) is 0.200. The zero-order valence-corrected chi connectivity index (χ0v) is 10.1. The van der Waals surface area contributed by atoms with E-state index in [0.717, 1.165) is 17.7 Å². The van der Waals surface area contributed by atoms with Crippen molar-refractivity contribution < 1.29 is 9.13 Å². The third kappa shape index (κ3) is 3.57. The van der Waals surface area contributed by atoms with Gasteiger partial charge in [0.15, 0.2) is 0 Å². The van der Waals surface area contributed by atoms with Crippen molar-refractivity contribution in [1.82, 2.24) is 0 Å². The first-order valence-electron chi connectivity index (χ1n) is 5.91. The van der Waals surface area contributed by atoms with Gasteiger partial charge in [-0.3, -0.25) is 0 Å². The fourth-order valence-electron chi connectivity index (χ4n) is 1.67. The van der Waals surface area contributed by atoms with Crippen LogP contribution in [-0.2, 0) is 17.8 Å². The maximum Gasteiger partial charge on any atom is 0.128 e. The molecule has 0 saturated carbocycles. The van der Waals surface area contributed by atoms with E-state index in [4.69, 9.17) is 10.5 Å². The van der Waals surface area contributed by atoms with Gasteiger partial charge in [-0.15, -0.1) is 0 Å². The molecule has 0 aromatic heterocycles. The Hall–Kier alpha value is -1.87. The van der Waals surface area contributed by atoms with Crippen molar-refractivity contribution in [3.8, 4) is 0 Å². The molecule has 0 radical (unpaired) electrons. The number of rotatable bonds is 5. The molecule has 0 aliphatic rings. The lowest BCUT2D eigenvalue weighted by atomic mass is 10.1. The molecule has 2 aromatic rings. The fourth-order valence-corrected chi connectivity index (χ4v) is 1.67. The molecule has 0 aliphatic carbocycles. The van der Waals surface area contributed by atoms with E-state index >= 15 is 0 Å². The Kier molecular flexibility index (Phi) is 4.31. The van der Waals surface area contributed by atoms with Crippen LogP contribution in [0.1, 0.15) is 11.1 Å². The van der Waals surface area contributed by atoms with Crippen molar-refractivity contribution in [2.45, 2.75) is 13.0 Å². The van der Waals surface area contributed by atoms with Crippen molar-refractivity contribution in [3.05, 3.63) is 65.5 Å². The second-order valence-corrected chi connectivity index (χ2v) is 4.14. The Morgan fingerprint density at radius 2 is 1.72 bits per heavy atom. The highest BCUT2D eigenvalue weighted by molar-refractivity contribution is 5.39. The first-order chi connectivity index (χ1) is 8.75. The van der Waals surface area contributed by atoms with Gasteiger partial charge in [0.1, 0.15) is 5.82 Å². The molecule has 2 aromatic carbocycles. The lowest BCUT2D eigenvalue weighted by Gasteiger charge is -2.05. The van der Waals surface area contributed by atoms with Crippen LogP contribution in [-0.4, -0.2) is 6.61 Å². The molecule has 0 amide bonds. The van der Waals surface area contributed by atoms with E-state index in [1.807, 2.05) is 30.3 Å². The molecule has 0 fully saturated rings. The van der Waals surface area contributed by atoms with Crippen LogP contribution in [0.15, 0.2) is 48.5 Å². The van der Waals surface area contributed by atoms with E-state index in [1.54, 1.807) is 12.1 Å². The number of benzene rings is 2. The van der Waals surface area contributed by atoms with Gasteiger partial charge >= 0.3 is 0 Å². The lowest BCUT2D eigenvalue weighted by Crippen LogP contribution is -2.00. The molecule has 0 atom stereocenters. The molecule has 0 heterocycles. The summed E-state index contributed by atoms with van der Waals surface area (Å²) >= 11 is 0. The van der Waals surface area contributed by atoms with Crippen LogP contribution in [0, 0.1) is 5.82 Å². The van der Waals surface area contributed by atoms with Gasteiger partial charge in [-0.25, -0.2) is 4.39 Å². The molecular weight excluding hydrogens is 229 g/mol. The summed E-state index contributed by atoms with van der Waals surface area (Å²) in [6.07, 6.45) is 0.800. The van der Waals surface area contributed by atoms with Crippen molar-refractivity contribution in [2.75, 3.05) is 12.3 Å². The number of anilines is 1. The number of halogens is 1. The summed E-state index contributed by atoms with van der Waals surface area (Å²) in [6.45, 7) is 0.875. The molecule has 0 aliphatic heterocycles. The summed E-state index contributed by atoms with van der Waals surface area (Å²) in [5.74, 6) is -0.218. The van der Waals surface area contributed by atoms with Crippen LogP contribution in [0.25, 0.3) is 0 Å². The average Bonchev–Trinajstić information content (AvgIpc) is 2.39. The number of ether oxygens (including phenoxy) is 1. The number of nitrogens with two attached hydrogens (primary N) is 1. The highest BCUT2D eigenvalue weighted by Crippen LogP contribution is 2.09. The average molecular weight is 245 g/mol. The maximum absolute atomic E-state index is 13.3. The van der Waals surface area contributed by atoms with Crippen LogP contribution >= 0.6 is 0 Å². The summed E-state index contributed by atoms with van der Waals surface area (Å²) in [4.78, 5) is 0. The highest BCUT2D eigenvalue weighted by atomic mass is 19.1. The Balaban J connectivity index is 1.76. The minimum absolute atomic E-state index is 0.218. The van der Waals surface area contributed by atoms with E-state index in [9.17, 15) is 4.39 Å². The minimum atomic E-state index is -0.218. The molecule has 0 bridgehead atoms. The summed E-state index contributed by atoms with van der Waals surface area (Å²) in [7, 11) is 0. The maximum atomic E-state index is 13.3. The Labute approximate surface area is 106 Å². The zero-order chi connectivity index (χ0) is 12.8. The SMILES string of the molecule is Nc1ccc(CCOCc2ccccc2F)cc1. The quantitative estimate of drug-likeness (QED) is 0.648. The normalized spacial score (nSPS) is 10.5. The van der Waals surface area contributed by atoms with E-state index in [1.165, 1.54) is 6.07 Å². The van der Waals surface area contributed by atoms with Crippen LogP contribution in [0.3, 0.4) is 0 Å². The van der Waals surface area contributed by atoms with Gasteiger partial charge in [0.05, 0.1) is 13.2 Å². The number of hydrogen-bond acceptors (Lipinski definition) is 2. The second kappa shape index (κ2) is 6.17. The largest absolute Gasteiger partial charge is 0.399 e. The van der Waals surface area contributed by atoms with Gasteiger partial charge in [-0.2, -0.15) is 0 Å². The third-order valence-electron chi connectivity index (χ3n) is 2.73.